The molecule has 3 nitrogen and oxygen atoms in total. The number of rotatable bonds is 3. The molecule has 5 heteroatoms. The van der Waals surface area contributed by atoms with Crippen molar-refractivity contribution in [1.82, 2.24) is 0 Å². The van der Waals surface area contributed by atoms with E-state index in [1.807, 2.05) is 24.3 Å². The molecule has 0 radical (unpaired) electrons. The van der Waals surface area contributed by atoms with Gasteiger partial charge in [0.1, 0.15) is 12.4 Å². The molecule has 0 saturated carbocycles. The fourth-order valence-electron chi connectivity index (χ4n) is 1.56. The first kappa shape index (κ1) is 13.5. The first-order valence-electron chi connectivity index (χ1n) is 5.53. The Bertz CT molecular complexity index is 616. The maximum atomic E-state index is 13.1. The van der Waals surface area contributed by atoms with Gasteiger partial charge in [0.15, 0.2) is 0 Å². The van der Waals surface area contributed by atoms with E-state index in [1.165, 1.54) is 12.1 Å². The Morgan fingerprint density at radius 3 is 2.79 bits per heavy atom. The number of hydrogen-bond acceptors (Lipinski definition) is 3. The molecule has 2 aromatic rings. The lowest BCUT2D eigenvalue weighted by atomic mass is 10.2. The summed E-state index contributed by atoms with van der Waals surface area (Å²) in [5, 5.41) is 0. The number of halogens is 2. The zero-order valence-corrected chi connectivity index (χ0v) is 11.5. The Morgan fingerprint density at radius 1 is 1.26 bits per heavy atom. The van der Waals surface area contributed by atoms with Crippen LogP contribution in [0, 0.1) is 5.82 Å². The van der Waals surface area contributed by atoms with Gasteiger partial charge in [0.2, 0.25) is 0 Å². The lowest BCUT2D eigenvalue weighted by Crippen LogP contribution is -2.08. The fraction of sp³-hybridized carbons (Fsp3) is 0.0714. The van der Waals surface area contributed by atoms with Crippen molar-refractivity contribution >= 4 is 27.6 Å². The second-order valence-corrected chi connectivity index (χ2v) is 4.85. The molecule has 0 aliphatic rings. The molecule has 0 aromatic heterocycles. The molecule has 0 atom stereocenters. The summed E-state index contributed by atoms with van der Waals surface area (Å²) in [5.74, 6) is -1.17. The predicted molar refractivity (Wildman–Crippen MR) is 74.1 cm³/mol. The number of anilines is 1. The topological polar surface area (TPSA) is 52.3 Å². The van der Waals surface area contributed by atoms with E-state index in [2.05, 4.69) is 15.9 Å². The van der Waals surface area contributed by atoms with E-state index >= 15 is 0 Å². The molecular formula is C14H11BrFNO2. The quantitative estimate of drug-likeness (QED) is 0.694. The second-order valence-electron chi connectivity index (χ2n) is 3.94. The number of benzene rings is 2. The molecular weight excluding hydrogens is 313 g/mol. The van der Waals surface area contributed by atoms with Gasteiger partial charge < -0.3 is 10.5 Å². The van der Waals surface area contributed by atoms with Crippen molar-refractivity contribution in [2.45, 2.75) is 6.61 Å². The lowest BCUT2D eigenvalue weighted by Gasteiger charge is -2.07. The molecule has 0 heterocycles. The number of carbonyl (C=O) groups is 1. The van der Waals surface area contributed by atoms with Gasteiger partial charge in [0, 0.05) is 10.2 Å². The van der Waals surface area contributed by atoms with Crippen LogP contribution in [0.3, 0.4) is 0 Å². The summed E-state index contributed by atoms with van der Waals surface area (Å²) in [6.07, 6.45) is 0. The molecule has 19 heavy (non-hydrogen) atoms. The van der Waals surface area contributed by atoms with Gasteiger partial charge in [-0.3, -0.25) is 0 Å². The molecule has 0 spiro atoms. The number of hydrogen-bond donors (Lipinski definition) is 1. The lowest BCUT2D eigenvalue weighted by molar-refractivity contribution is 0.0473. The van der Waals surface area contributed by atoms with Crippen LogP contribution in [-0.4, -0.2) is 5.97 Å². The molecule has 2 rings (SSSR count). The minimum Gasteiger partial charge on any atom is -0.457 e. The average Bonchev–Trinajstić information content (AvgIpc) is 2.39. The summed E-state index contributed by atoms with van der Waals surface area (Å²) in [5.41, 5.74) is 6.67. The Hall–Kier alpha value is -1.88. The maximum absolute atomic E-state index is 13.1. The van der Waals surface area contributed by atoms with E-state index in [0.29, 0.717) is 0 Å². The molecule has 2 aromatic carbocycles. The Morgan fingerprint density at radius 2 is 2.05 bits per heavy atom. The SMILES string of the molecule is Nc1ccc(F)cc1C(=O)OCc1cccc(Br)c1. The van der Waals surface area contributed by atoms with Crippen molar-refractivity contribution in [2.75, 3.05) is 5.73 Å². The van der Waals surface area contributed by atoms with Crippen LogP contribution in [-0.2, 0) is 11.3 Å². The predicted octanol–water partition coefficient (Wildman–Crippen LogP) is 3.53. The normalized spacial score (nSPS) is 10.2. The van der Waals surface area contributed by atoms with E-state index in [1.54, 1.807) is 0 Å². The van der Waals surface area contributed by atoms with E-state index in [4.69, 9.17) is 10.5 Å². The third-order valence-corrected chi connectivity index (χ3v) is 2.99. The van der Waals surface area contributed by atoms with Crippen molar-refractivity contribution in [1.29, 1.82) is 0 Å². The van der Waals surface area contributed by atoms with Crippen LogP contribution >= 0.6 is 15.9 Å². The van der Waals surface area contributed by atoms with Gasteiger partial charge in [0.05, 0.1) is 5.56 Å². The summed E-state index contributed by atoms with van der Waals surface area (Å²) < 4.78 is 19.0. The smallest absolute Gasteiger partial charge is 0.340 e. The zero-order valence-electron chi connectivity index (χ0n) is 9.90. The third-order valence-electron chi connectivity index (χ3n) is 2.49. The first-order valence-corrected chi connectivity index (χ1v) is 6.32. The highest BCUT2D eigenvalue weighted by Gasteiger charge is 2.12. The number of carbonyl (C=O) groups excluding carboxylic acids is 1. The van der Waals surface area contributed by atoms with Gasteiger partial charge in [0.25, 0.3) is 0 Å². The third kappa shape index (κ3) is 3.54. The van der Waals surface area contributed by atoms with Crippen molar-refractivity contribution in [2.24, 2.45) is 0 Å². The van der Waals surface area contributed by atoms with Gasteiger partial charge in [-0.2, -0.15) is 0 Å². The van der Waals surface area contributed by atoms with Crippen LogP contribution in [0.5, 0.6) is 0 Å². The van der Waals surface area contributed by atoms with Crippen LogP contribution in [0.4, 0.5) is 10.1 Å². The molecule has 0 aliphatic carbocycles. The second kappa shape index (κ2) is 5.84. The van der Waals surface area contributed by atoms with E-state index in [-0.39, 0.29) is 17.9 Å². The standard InChI is InChI=1S/C14H11BrFNO2/c15-10-3-1-2-9(6-10)8-19-14(18)12-7-11(16)4-5-13(12)17/h1-7H,8,17H2. The monoisotopic (exact) mass is 323 g/mol. The average molecular weight is 324 g/mol. The summed E-state index contributed by atoms with van der Waals surface area (Å²) in [6.45, 7) is 0.105. The van der Waals surface area contributed by atoms with Crippen LogP contribution < -0.4 is 5.73 Å². The van der Waals surface area contributed by atoms with E-state index < -0.39 is 11.8 Å². The van der Waals surface area contributed by atoms with Gasteiger partial charge in [-0.1, -0.05) is 28.1 Å². The molecule has 0 amide bonds. The first-order chi connectivity index (χ1) is 9.06. The van der Waals surface area contributed by atoms with Crippen molar-refractivity contribution in [3.63, 3.8) is 0 Å². The number of nitrogens with two attached hydrogens (primary N) is 1. The highest BCUT2D eigenvalue weighted by atomic mass is 79.9. The minimum atomic E-state index is -0.642. The molecule has 0 unspecified atom stereocenters. The largest absolute Gasteiger partial charge is 0.457 e. The van der Waals surface area contributed by atoms with Crippen LogP contribution in [0.1, 0.15) is 15.9 Å². The minimum absolute atomic E-state index is 0.0370. The van der Waals surface area contributed by atoms with Crippen LogP contribution in [0.2, 0.25) is 0 Å². The number of esters is 1. The van der Waals surface area contributed by atoms with E-state index in [9.17, 15) is 9.18 Å². The van der Waals surface area contributed by atoms with Gasteiger partial charge in [-0.25, -0.2) is 9.18 Å². The van der Waals surface area contributed by atoms with Crippen molar-refractivity contribution in [3.8, 4) is 0 Å². The molecule has 0 saturated heterocycles. The van der Waals surface area contributed by atoms with Crippen molar-refractivity contribution in [3.05, 3.63) is 63.9 Å². The van der Waals surface area contributed by atoms with Gasteiger partial charge >= 0.3 is 5.97 Å². The van der Waals surface area contributed by atoms with Crippen molar-refractivity contribution < 1.29 is 13.9 Å². The summed E-state index contributed by atoms with van der Waals surface area (Å²) in [4.78, 5) is 11.8. The van der Waals surface area contributed by atoms with Gasteiger partial charge in [-0.05, 0) is 35.9 Å². The van der Waals surface area contributed by atoms with E-state index in [0.717, 1.165) is 16.1 Å². The molecule has 2 N–H and O–H groups in total. The highest BCUT2D eigenvalue weighted by Crippen LogP contribution is 2.17. The fourth-order valence-corrected chi connectivity index (χ4v) is 2.01. The Kier molecular flexibility index (Phi) is 4.16. The summed E-state index contributed by atoms with van der Waals surface area (Å²) >= 11 is 3.33. The Labute approximate surface area is 118 Å². The van der Waals surface area contributed by atoms with Gasteiger partial charge in [-0.15, -0.1) is 0 Å². The highest BCUT2D eigenvalue weighted by molar-refractivity contribution is 9.10. The maximum Gasteiger partial charge on any atom is 0.340 e. The molecule has 0 aliphatic heterocycles. The summed E-state index contributed by atoms with van der Waals surface area (Å²) in [6, 6.07) is 11.0. The molecule has 0 fully saturated rings. The summed E-state index contributed by atoms with van der Waals surface area (Å²) in [7, 11) is 0. The number of nitrogen functional groups attached to an aromatic ring is 1. The molecule has 0 bridgehead atoms. The number of ether oxygens (including phenoxy) is 1. The zero-order chi connectivity index (χ0) is 13.8. The molecule has 98 valence electrons. The van der Waals surface area contributed by atoms with Crippen LogP contribution in [0.25, 0.3) is 0 Å². The van der Waals surface area contributed by atoms with Crippen LogP contribution in [0.15, 0.2) is 46.9 Å². The Balaban J connectivity index is 2.07.